The number of hydrogen-bond acceptors (Lipinski definition) is 6. The highest BCUT2D eigenvalue weighted by Crippen LogP contribution is 2.17. The van der Waals surface area contributed by atoms with Crippen molar-refractivity contribution >= 4 is 11.7 Å². The van der Waals surface area contributed by atoms with Crippen LogP contribution < -0.4 is 10.2 Å². The van der Waals surface area contributed by atoms with Crippen molar-refractivity contribution in [2.24, 2.45) is 0 Å². The molecule has 124 valence electrons. The van der Waals surface area contributed by atoms with Gasteiger partial charge in [0.2, 0.25) is 5.91 Å². The number of hydrogen-bond donors (Lipinski definition) is 1. The lowest BCUT2D eigenvalue weighted by molar-refractivity contribution is -0.122. The third-order valence-corrected chi connectivity index (χ3v) is 3.99. The Morgan fingerprint density at radius 1 is 1.29 bits per heavy atom. The number of nitriles is 1. The first-order valence-electron chi connectivity index (χ1n) is 7.88. The number of piperazine rings is 1. The standard InChI is InChI=1S/C17H19N5O2/c18-11-14-3-1-5-19-17(14)22-8-6-21(7-9-22)13-16(23)20-12-15-4-2-10-24-15/h1-5,10H,6-9,12-13H2,(H,20,23). The van der Waals surface area contributed by atoms with Crippen LogP contribution in [0.2, 0.25) is 0 Å². The summed E-state index contributed by atoms with van der Waals surface area (Å²) in [6.07, 6.45) is 3.29. The van der Waals surface area contributed by atoms with Crippen LogP contribution in [-0.4, -0.2) is 48.5 Å². The summed E-state index contributed by atoms with van der Waals surface area (Å²) in [6.45, 7) is 3.78. The van der Waals surface area contributed by atoms with E-state index in [1.807, 2.05) is 6.07 Å². The SMILES string of the molecule is N#Cc1cccnc1N1CCN(CC(=O)NCc2ccco2)CC1. The number of carbonyl (C=O) groups excluding carboxylic acids is 1. The summed E-state index contributed by atoms with van der Waals surface area (Å²) in [5.74, 6) is 1.45. The Morgan fingerprint density at radius 3 is 2.83 bits per heavy atom. The molecule has 0 unspecified atom stereocenters. The smallest absolute Gasteiger partial charge is 0.234 e. The van der Waals surface area contributed by atoms with Gasteiger partial charge in [0.25, 0.3) is 0 Å². The van der Waals surface area contributed by atoms with Crippen molar-refractivity contribution in [3.63, 3.8) is 0 Å². The number of nitrogens with one attached hydrogen (secondary N) is 1. The first kappa shape index (κ1) is 16.0. The molecule has 1 fully saturated rings. The molecule has 3 rings (SSSR count). The van der Waals surface area contributed by atoms with Gasteiger partial charge in [-0.2, -0.15) is 5.26 Å². The Bertz CT molecular complexity index is 715. The lowest BCUT2D eigenvalue weighted by atomic mass is 10.2. The molecule has 0 radical (unpaired) electrons. The molecule has 0 spiro atoms. The molecular formula is C17H19N5O2. The minimum atomic E-state index is -0.0181. The largest absolute Gasteiger partial charge is 0.467 e. The summed E-state index contributed by atoms with van der Waals surface area (Å²) in [7, 11) is 0. The zero-order valence-corrected chi connectivity index (χ0v) is 13.3. The number of furan rings is 1. The van der Waals surface area contributed by atoms with E-state index in [-0.39, 0.29) is 5.91 Å². The highest BCUT2D eigenvalue weighted by Gasteiger charge is 2.21. The van der Waals surface area contributed by atoms with Gasteiger partial charge in [-0.3, -0.25) is 9.69 Å². The van der Waals surface area contributed by atoms with Gasteiger partial charge in [0.05, 0.1) is 24.9 Å². The van der Waals surface area contributed by atoms with Crippen molar-refractivity contribution in [2.75, 3.05) is 37.6 Å². The van der Waals surface area contributed by atoms with Gasteiger partial charge in [-0.1, -0.05) is 0 Å². The van der Waals surface area contributed by atoms with E-state index in [1.165, 1.54) is 0 Å². The second kappa shape index (κ2) is 7.62. The third-order valence-electron chi connectivity index (χ3n) is 3.99. The monoisotopic (exact) mass is 325 g/mol. The van der Waals surface area contributed by atoms with E-state index < -0.39 is 0 Å². The maximum absolute atomic E-state index is 12.0. The van der Waals surface area contributed by atoms with E-state index >= 15 is 0 Å². The number of rotatable bonds is 5. The normalized spacial score (nSPS) is 15.0. The fourth-order valence-corrected chi connectivity index (χ4v) is 2.71. The molecule has 1 saturated heterocycles. The number of anilines is 1. The van der Waals surface area contributed by atoms with Gasteiger partial charge in [0.15, 0.2) is 0 Å². The van der Waals surface area contributed by atoms with Crippen LogP contribution in [0.5, 0.6) is 0 Å². The summed E-state index contributed by atoms with van der Waals surface area (Å²) in [4.78, 5) is 20.5. The predicted molar refractivity (Wildman–Crippen MR) is 88.2 cm³/mol. The van der Waals surface area contributed by atoms with E-state index in [9.17, 15) is 4.79 Å². The number of nitrogens with zero attached hydrogens (tertiary/aromatic N) is 4. The fourth-order valence-electron chi connectivity index (χ4n) is 2.71. The summed E-state index contributed by atoms with van der Waals surface area (Å²) in [5.41, 5.74) is 0.585. The molecule has 0 atom stereocenters. The van der Waals surface area contributed by atoms with E-state index in [1.54, 1.807) is 30.7 Å². The van der Waals surface area contributed by atoms with Crippen LogP contribution in [-0.2, 0) is 11.3 Å². The minimum absolute atomic E-state index is 0.0181. The predicted octanol–water partition coefficient (Wildman–Crippen LogP) is 0.985. The molecule has 0 saturated carbocycles. The van der Waals surface area contributed by atoms with Crippen molar-refractivity contribution in [1.29, 1.82) is 5.26 Å². The van der Waals surface area contributed by atoms with Crippen LogP contribution in [0, 0.1) is 11.3 Å². The average molecular weight is 325 g/mol. The van der Waals surface area contributed by atoms with Crippen molar-refractivity contribution in [3.05, 3.63) is 48.0 Å². The summed E-state index contributed by atoms with van der Waals surface area (Å²) in [6, 6.07) is 9.35. The van der Waals surface area contributed by atoms with Crippen LogP contribution >= 0.6 is 0 Å². The van der Waals surface area contributed by atoms with E-state index in [0.717, 1.165) is 37.8 Å². The molecule has 24 heavy (non-hydrogen) atoms. The molecular weight excluding hydrogens is 306 g/mol. The summed E-state index contributed by atoms with van der Waals surface area (Å²) in [5, 5.41) is 12.0. The van der Waals surface area contributed by atoms with Crippen molar-refractivity contribution in [2.45, 2.75) is 6.54 Å². The van der Waals surface area contributed by atoms with Gasteiger partial charge in [-0.15, -0.1) is 0 Å². The molecule has 1 N–H and O–H groups in total. The maximum Gasteiger partial charge on any atom is 0.234 e. The molecule has 1 aliphatic rings. The lowest BCUT2D eigenvalue weighted by Crippen LogP contribution is -2.49. The van der Waals surface area contributed by atoms with Crippen LogP contribution in [0.25, 0.3) is 0 Å². The zero-order chi connectivity index (χ0) is 16.8. The molecule has 0 aliphatic carbocycles. The van der Waals surface area contributed by atoms with Gasteiger partial charge < -0.3 is 14.6 Å². The quantitative estimate of drug-likeness (QED) is 0.882. The van der Waals surface area contributed by atoms with Crippen molar-refractivity contribution in [3.8, 4) is 6.07 Å². The van der Waals surface area contributed by atoms with Gasteiger partial charge in [-0.25, -0.2) is 4.98 Å². The van der Waals surface area contributed by atoms with Crippen LogP contribution in [0.4, 0.5) is 5.82 Å². The molecule has 2 aromatic rings. The van der Waals surface area contributed by atoms with Crippen molar-refractivity contribution < 1.29 is 9.21 Å². The third kappa shape index (κ3) is 3.91. The molecule has 7 nitrogen and oxygen atoms in total. The zero-order valence-electron chi connectivity index (χ0n) is 13.3. The Kier molecular flexibility index (Phi) is 5.08. The van der Waals surface area contributed by atoms with E-state index in [2.05, 4.69) is 26.2 Å². The average Bonchev–Trinajstić information content (AvgIpc) is 3.14. The number of carbonyl (C=O) groups is 1. The molecule has 2 aromatic heterocycles. The highest BCUT2D eigenvalue weighted by atomic mass is 16.3. The van der Waals surface area contributed by atoms with E-state index in [0.29, 0.717) is 18.7 Å². The molecule has 3 heterocycles. The van der Waals surface area contributed by atoms with E-state index in [4.69, 9.17) is 9.68 Å². The first-order chi connectivity index (χ1) is 11.8. The molecule has 7 heteroatoms. The molecule has 0 bridgehead atoms. The number of pyridine rings is 1. The van der Waals surface area contributed by atoms with Gasteiger partial charge >= 0.3 is 0 Å². The molecule has 1 aliphatic heterocycles. The molecule has 0 aromatic carbocycles. The van der Waals surface area contributed by atoms with Gasteiger partial charge in [-0.05, 0) is 24.3 Å². The minimum Gasteiger partial charge on any atom is -0.467 e. The lowest BCUT2D eigenvalue weighted by Gasteiger charge is -2.35. The number of amides is 1. The summed E-state index contributed by atoms with van der Waals surface area (Å²) >= 11 is 0. The molecule has 1 amide bonds. The maximum atomic E-state index is 12.0. The van der Waals surface area contributed by atoms with Crippen LogP contribution in [0.1, 0.15) is 11.3 Å². The van der Waals surface area contributed by atoms with Crippen molar-refractivity contribution in [1.82, 2.24) is 15.2 Å². The topological polar surface area (TPSA) is 85.4 Å². The number of aromatic nitrogens is 1. The summed E-state index contributed by atoms with van der Waals surface area (Å²) < 4.78 is 5.19. The Labute approximate surface area is 140 Å². The Balaban J connectivity index is 1.47. The highest BCUT2D eigenvalue weighted by molar-refractivity contribution is 5.78. The van der Waals surface area contributed by atoms with Gasteiger partial charge in [0, 0.05) is 32.4 Å². The second-order valence-electron chi connectivity index (χ2n) is 5.61. The Morgan fingerprint density at radius 2 is 2.12 bits per heavy atom. The first-order valence-corrected chi connectivity index (χ1v) is 7.88. The van der Waals surface area contributed by atoms with Crippen LogP contribution in [0.15, 0.2) is 41.1 Å². The Hall–Kier alpha value is -2.85. The second-order valence-corrected chi connectivity index (χ2v) is 5.61. The fraction of sp³-hybridized carbons (Fsp3) is 0.353. The van der Waals surface area contributed by atoms with Crippen LogP contribution in [0.3, 0.4) is 0 Å². The van der Waals surface area contributed by atoms with Gasteiger partial charge in [0.1, 0.15) is 17.6 Å².